The number of ether oxygens (including phenoxy) is 1. The van der Waals surface area contributed by atoms with Gasteiger partial charge < -0.3 is 4.74 Å². The van der Waals surface area contributed by atoms with Crippen molar-refractivity contribution in [3.05, 3.63) is 35.8 Å². The van der Waals surface area contributed by atoms with E-state index in [9.17, 15) is 18.0 Å². The quantitative estimate of drug-likeness (QED) is 0.694. The normalized spacial score (nSPS) is 13.8. The van der Waals surface area contributed by atoms with Gasteiger partial charge in [-0.1, -0.05) is 0 Å². The van der Waals surface area contributed by atoms with Crippen LogP contribution in [0.25, 0.3) is 6.08 Å². The molecule has 0 fully saturated rings. The van der Waals surface area contributed by atoms with Crippen molar-refractivity contribution in [3.63, 3.8) is 0 Å². The van der Waals surface area contributed by atoms with E-state index in [1.165, 1.54) is 24.6 Å². The molecule has 1 aromatic heterocycles. The van der Waals surface area contributed by atoms with Gasteiger partial charge in [0.25, 0.3) is 5.69 Å². The van der Waals surface area contributed by atoms with Crippen LogP contribution >= 0.6 is 0 Å². The smallest absolute Gasteiger partial charge is 0.496 e. The first-order chi connectivity index (χ1) is 7.98. The average Bonchev–Trinajstić information content (AvgIpc) is 2.28. The molecule has 2 rings (SSSR count). The van der Waals surface area contributed by atoms with Crippen molar-refractivity contribution in [2.24, 2.45) is 0 Å². The maximum absolute atomic E-state index is 12.0. The molecule has 0 saturated carbocycles. The third kappa shape index (κ3) is 2.38. The molecule has 4 nitrogen and oxygen atoms in total. The van der Waals surface area contributed by atoms with Crippen LogP contribution in [-0.2, 0) is 16.1 Å². The van der Waals surface area contributed by atoms with Gasteiger partial charge >= 0.3 is 12.1 Å². The van der Waals surface area contributed by atoms with Crippen LogP contribution in [0.4, 0.5) is 13.2 Å². The van der Waals surface area contributed by atoms with Gasteiger partial charge in [-0.25, -0.2) is 4.79 Å². The number of hydrogen-bond donors (Lipinski definition) is 0. The number of aromatic nitrogens is 1. The predicted octanol–water partition coefficient (Wildman–Crippen LogP) is 0.993. The molecule has 0 radical (unpaired) electrons. The SMILES string of the molecule is O=C(O[n+]1cccc2c1C=COC2)C(F)(F)F. The topological polar surface area (TPSA) is 39.4 Å². The maximum atomic E-state index is 12.0. The Morgan fingerprint density at radius 3 is 2.94 bits per heavy atom. The van der Waals surface area contributed by atoms with Gasteiger partial charge in [0.2, 0.25) is 6.20 Å². The predicted molar refractivity (Wildman–Crippen MR) is 48.1 cm³/mol. The lowest BCUT2D eigenvalue weighted by molar-refractivity contribution is -0.872. The van der Waals surface area contributed by atoms with Gasteiger partial charge in [0.15, 0.2) is 0 Å². The van der Waals surface area contributed by atoms with E-state index in [4.69, 9.17) is 4.74 Å². The van der Waals surface area contributed by atoms with Gasteiger partial charge in [0.1, 0.15) is 6.61 Å². The second kappa shape index (κ2) is 4.08. The van der Waals surface area contributed by atoms with Crippen molar-refractivity contribution in [2.75, 3.05) is 0 Å². The van der Waals surface area contributed by atoms with Gasteiger partial charge in [-0.05, 0) is 6.07 Å². The highest BCUT2D eigenvalue weighted by molar-refractivity contribution is 5.75. The fourth-order valence-electron chi connectivity index (χ4n) is 1.32. The molecule has 0 unspecified atom stereocenters. The van der Waals surface area contributed by atoms with E-state index >= 15 is 0 Å². The summed E-state index contributed by atoms with van der Waals surface area (Å²) in [5.41, 5.74) is 0.973. The van der Waals surface area contributed by atoms with Crippen LogP contribution < -0.4 is 9.57 Å². The molecule has 0 amide bonds. The summed E-state index contributed by atoms with van der Waals surface area (Å²) in [7, 11) is 0. The van der Waals surface area contributed by atoms with Crippen molar-refractivity contribution < 1.29 is 32.3 Å². The average molecular weight is 246 g/mol. The number of pyridine rings is 1. The Kier molecular flexibility index (Phi) is 2.74. The van der Waals surface area contributed by atoms with E-state index in [2.05, 4.69) is 4.84 Å². The number of carbonyl (C=O) groups excluding carboxylic acids is 1. The standard InChI is InChI=1S/C10H7F3NO3/c11-10(12,13)9(15)17-14-4-1-2-7-6-16-5-3-8(7)14/h1-5H,6H2/q+1. The summed E-state index contributed by atoms with van der Waals surface area (Å²) in [5, 5.41) is 0. The fourth-order valence-corrected chi connectivity index (χ4v) is 1.32. The molecule has 0 aromatic carbocycles. The maximum Gasteiger partial charge on any atom is 0.498 e. The zero-order valence-corrected chi connectivity index (χ0v) is 8.40. The zero-order chi connectivity index (χ0) is 12.5. The monoisotopic (exact) mass is 246 g/mol. The minimum Gasteiger partial charge on any atom is -0.496 e. The molecule has 0 spiro atoms. The van der Waals surface area contributed by atoms with Gasteiger partial charge in [-0.3, -0.25) is 0 Å². The van der Waals surface area contributed by atoms with E-state index in [1.807, 2.05) is 0 Å². The first-order valence-corrected chi connectivity index (χ1v) is 4.59. The number of alkyl halides is 3. The Morgan fingerprint density at radius 2 is 2.24 bits per heavy atom. The Morgan fingerprint density at radius 1 is 1.47 bits per heavy atom. The second-order valence-electron chi connectivity index (χ2n) is 3.23. The van der Waals surface area contributed by atoms with Gasteiger partial charge in [-0.2, -0.15) is 18.0 Å². The largest absolute Gasteiger partial charge is 0.498 e. The van der Waals surface area contributed by atoms with Crippen molar-refractivity contribution in [3.8, 4) is 0 Å². The van der Waals surface area contributed by atoms with E-state index in [-0.39, 0.29) is 6.61 Å². The number of carbonyl (C=O) groups is 1. The number of halogens is 3. The Bertz CT molecular complexity index is 482. The summed E-state index contributed by atoms with van der Waals surface area (Å²) in [6, 6.07) is 3.13. The minimum atomic E-state index is -5.02. The van der Waals surface area contributed by atoms with Crippen molar-refractivity contribution in [1.29, 1.82) is 0 Å². The summed E-state index contributed by atoms with van der Waals surface area (Å²) in [5.74, 6) is -2.27. The van der Waals surface area contributed by atoms with Crippen LogP contribution in [0.1, 0.15) is 11.3 Å². The van der Waals surface area contributed by atoms with E-state index in [0.29, 0.717) is 11.3 Å². The highest BCUT2D eigenvalue weighted by atomic mass is 19.4. The first-order valence-electron chi connectivity index (χ1n) is 4.59. The summed E-state index contributed by atoms with van der Waals surface area (Å²) < 4.78 is 41.8. The number of nitrogens with zero attached hydrogens (tertiary/aromatic N) is 1. The molecule has 1 aromatic rings. The highest BCUT2D eigenvalue weighted by Crippen LogP contribution is 2.16. The number of hydrogen-bond acceptors (Lipinski definition) is 3. The lowest BCUT2D eigenvalue weighted by atomic mass is 10.2. The molecule has 0 bridgehead atoms. The van der Waals surface area contributed by atoms with E-state index in [0.717, 1.165) is 4.73 Å². The molecule has 0 N–H and O–H groups in total. The molecule has 2 heterocycles. The molecular formula is C10H7F3NO3+. The van der Waals surface area contributed by atoms with Crippen LogP contribution in [0.2, 0.25) is 0 Å². The van der Waals surface area contributed by atoms with Crippen LogP contribution in [-0.4, -0.2) is 12.1 Å². The number of rotatable bonds is 1. The highest BCUT2D eigenvalue weighted by Gasteiger charge is 2.45. The molecule has 0 atom stereocenters. The van der Waals surface area contributed by atoms with Crippen molar-refractivity contribution in [2.45, 2.75) is 12.8 Å². The Balaban J connectivity index is 2.29. The zero-order valence-electron chi connectivity index (χ0n) is 8.40. The van der Waals surface area contributed by atoms with E-state index in [1.54, 1.807) is 6.07 Å². The lowest BCUT2D eigenvalue weighted by Crippen LogP contribution is -2.52. The molecule has 1 aliphatic rings. The van der Waals surface area contributed by atoms with Crippen molar-refractivity contribution >= 4 is 12.0 Å². The summed E-state index contributed by atoms with van der Waals surface area (Å²) in [6.45, 7) is 0.218. The molecule has 0 saturated heterocycles. The van der Waals surface area contributed by atoms with Gasteiger partial charge in [0.05, 0.1) is 11.8 Å². The molecular weight excluding hydrogens is 239 g/mol. The summed E-state index contributed by atoms with van der Waals surface area (Å²) >= 11 is 0. The van der Waals surface area contributed by atoms with Crippen molar-refractivity contribution in [1.82, 2.24) is 0 Å². The van der Waals surface area contributed by atoms with Crippen LogP contribution in [0.3, 0.4) is 0 Å². The van der Waals surface area contributed by atoms with Crippen LogP contribution in [0, 0.1) is 0 Å². The molecule has 7 heteroatoms. The van der Waals surface area contributed by atoms with Crippen LogP contribution in [0.15, 0.2) is 24.6 Å². The Labute approximate surface area is 93.8 Å². The molecule has 90 valence electrons. The molecule has 0 aliphatic carbocycles. The van der Waals surface area contributed by atoms with E-state index < -0.39 is 12.1 Å². The Hall–Kier alpha value is -2.05. The van der Waals surface area contributed by atoms with Crippen LogP contribution in [0.5, 0.6) is 0 Å². The second-order valence-corrected chi connectivity index (χ2v) is 3.23. The molecule has 1 aliphatic heterocycles. The third-order valence-electron chi connectivity index (χ3n) is 2.06. The molecule has 17 heavy (non-hydrogen) atoms. The first kappa shape index (κ1) is 11.4. The van der Waals surface area contributed by atoms with Gasteiger partial charge in [0, 0.05) is 16.9 Å². The summed E-state index contributed by atoms with van der Waals surface area (Å²) in [6.07, 6.45) is -1.06. The number of fused-ring (bicyclic) bond motifs is 1. The fraction of sp³-hybridized carbons (Fsp3) is 0.200. The third-order valence-corrected chi connectivity index (χ3v) is 2.06. The lowest BCUT2D eigenvalue weighted by Gasteiger charge is -2.08. The minimum absolute atomic E-state index is 0.218. The summed E-state index contributed by atoms with van der Waals surface area (Å²) in [4.78, 5) is 14.9. The van der Waals surface area contributed by atoms with Gasteiger partial charge in [-0.15, -0.1) is 0 Å².